The van der Waals surface area contributed by atoms with Crippen molar-refractivity contribution in [3.05, 3.63) is 47.5 Å². The van der Waals surface area contributed by atoms with Gasteiger partial charge in [0, 0.05) is 5.56 Å². The Bertz CT molecular complexity index is 914. The van der Waals surface area contributed by atoms with E-state index in [0.29, 0.717) is 40.7 Å². The van der Waals surface area contributed by atoms with Crippen LogP contribution in [0, 0.1) is 0 Å². The first-order valence-corrected chi connectivity index (χ1v) is 9.21. The van der Waals surface area contributed by atoms with E-state index in [1.165, 1.54) is 20.4 Å². The number of nitrogens with zero attached hydrogens (tertiary/aromatic N) is 1. The molecule has 0 aliphatic heterocycles. The highest BCUT2D eigenvalue weighted by Gasteiger charge is 2.11. The lowest BCUT2D eigenvalue weighted by molar-refractivity contribution is -0.119. The molecule has 2 aromatic rings. The smallest absolute Gasteiger partial charge is 0.271 e. The number of nitrogens with one attached hydrogen (secondary N) is 1. The van der Waals surface area contributed by atoms with Crippen molar-refractivity contribution in [1.29, 1.82) is 0 Å². The van der Waals surface area contributed by atoms with Crippen LogP contribution in [0.2, 0.25) is 0 Å². The SMILES string of the molecule is CCCOc1ccc(C(=O)N/N=C/c2ccc(OCC(N)=O)c(OC)c2)cc1OC. The molecule has 0 aromatic heterocycles. The van der Waals surface area contributed by atoms with Crippen LogP contribution in [0.3, 0.4) is 0 Å². The van der Waals surface area contributed by atoms with Gasteiger partial charge in [-0.05, 0) is 48.4 Å². The molecule has 0 saturated heterocycles. The predicted octanol–water partition coefficient (Wildman–Crippen LogP) is 2.12. The molecule has 0 radical (unpaired) electrons. The van der Waals surface area contributed by atoms with E-state index >= 15 is 0 Å². The summed E-state index contributed by atoms with van der Waals surface area (Å²) < 4.78 is 21.4. The van der Waals surface area contributed by atoms with Gasteiger partial charge in [0.15, 0.2) is 29.6 Å². The second kappa shape index (κ2) is 11.3. The second-order valence-corrected chi connectivity index (χ2v) is 6.08. The molecule has 0 aliphatic rings. The molecule has 0 atom stereocenters. The fourth-order valence-corrected chi connectivity index (χ4v) is 2.40. The molecule has 2 amide bonds. The highest BCUT2D eigenvalue weighted by Crippen LogP contribution is 2.29. The van der Waals surface area contributed by atoms with Crippen molar-refractivity contribution in [3.8, 4) is 23.0 Å². The molecule has 0 unspecified atom stereocenters. The molecule has 2 rings (SSSR count). The van der Waals surface area contributed by atoms with E-state index in [0.717, 1.165) is 6.42 Å². The lowest BCUT2D eigenvalue weighted by Gasteiger charge is -2.11. The molecule has 3 N–H and O–H groups in total. The maximum absolute atomic E-state index is 12.3. The largest absolute Gasteiger partial charge is 0.493 e. The number of hydrogen-bond acceptors (Lipinski definition) is 7. The number of carbonyl (C=O) groups excluding carboxylic acids is 2. The van der Waals surface area contributed by atoms with Gasteiger partial charge in [-0.15, -0.1) is 0 Å². The number of hydrogen-bond donors (Lipinski definition) is 2. The molecule has 0 spiro atoms. The molecule has 9 heteroatoms. The minimum absolute atomic E-state index is 0.258. The van der Waals surface area contributed by atoms with Crippen molar-refractivity contribution in [2.45, 2.75) is 13.3 Å². The molecule has 0 saturated carbocycles. The van der Waals surface area contributed by atoms with Gasteiger partial charge in [0.05, 0.1) is 27.0 Å². The van der Waals surface area contributed by atoms with E-state index in [1.807, 2.05) is 6.92 Å². The highest BCUT2D eigenvalue weighted by atomic mass is 16.5. The van der Waals surface area contributed by atoms with Crippen LogP contribution in [0.4, 0.5) is 0 Å². The Balaban J connectivity index is 2.04. The van der Waals surface area contributed by atoms with Crippen LogP contribution >= 0.6 is 0 Å². The van der Waals surface area contributed by atoms with Crippen molar-refractivity contribution in [2.24, 2.45) is 10.8 Å². The summed E-state index contributed by atoms with van der Waals surface area (Å²) in [7, 11) is 2.98. The summed E-state index contributed by atoms with van der Waals surface area (Å²) in [5.41, 5.74) is 8.55. The van der Waals surface area contributed by atoms with Gasteiger partial charge in [-0.1, -0.05) is 6.92 Å². The molecule has 0 fully saturated rings. The first kappa shape index (κ1) is 22.5. The Kier molecular flexibility index (Phi) is 8.49. The summed E-state index contributed by atoms with van der Waals surface area (Å²) >= 11 is 0. The molecule has 30 heavy (non-hydrogen) atoms. The van der Waals surface area contributed by atoms with Gasteiger partial charge in [0.1, 0.15) is 0 Å². The van der Waals surface area contributed by atoms with Gasteiger partial charge in [-0.2, -0.15) is 5.10 Å². The second-order valence-electron chi connectivity index (χ2n) is 6.08. The van der Waals surface area contributed by atoms with Crippen LogP contribution in [-0.2, 0) is 4.79 Å². The third-order valence-electron chi connectivity index (χ3n) is 3.82. The number of nitrogens with two attached hydrogens (primary N) is 1. The van der Waals surface area contributed by atoms with E-state index in [-0.39, 0.29) is 6.61 Å². The van der Waals surface area contributed by atoms with E-state index < -0.39 is 11.8 Å². The van der Waals surface area contributed by atoms with E-state index in [4.69, 9.17) is 24.7 Å². The topological polar surface area (TPSA) is 121 Å². The maximum Gasteiger partial charge on any atom is 0.271 e. The van der Waals surface area contributed by atoms with Crippen LogP contribution in [-0.4, -0.2) is 45.5 Å². The summed E-state index contributed by atoms with van der Waals surface area (Å²) in [6.07, 6.45) is 2.32. The zero-order chi connectivity index (χ0) is 21.9. The van der Waals surface area contributed by atoms with Crippen LogP contribution < -0.4 is 30.1 Å². The summed E-state index contributed by atoms with van der Waals surface area (Å²) in [5, 5.41) is 3.96. The average molecular weight is 415 g/mol. The van der Waals surface area contributed by atoms with Gasteiger partial charge in [0.2, 0.25) is 0 Å². The van der Waals surface area contributed by atoms with Crippen LogP contribution in [0.5, 0.6) is 23.0 Å². The van der Waals surface area contributed by atoms with Gasteiger partial charge in [-0.25, -0.2) is 5.43 Å². The first-order chi connectivity index (χ1) is 14.5. The summed E-state index contributed by atoms with van der Waals surface area (Å²) in [4.78, 5) is 23.2. The van der Waals surface area contributed by atoms with Crippen LogP contribution in [0.15, 0.2) is 41.5 Å². The van der Waals surface area contributed by atoms with E-state index in [2.05, 4.69) is 10.5 Å². The average Bonchev–Trinajstić information content (AvgIpc) is 2.76. The van der Waals surface area contributed by atoms with Gasteiger partial charge in [0.25, 0.3) is 11.8 Å². The van der Waals surface area contributed by atoms with Gasteiger partial charge >= 0.3 is 0 Å². The normalized spacial score (nSPS) is 10.5. The van der Waals surface area contributed by atoms with Crippen molar-refractivity contribution in [1.82, 2.24) is 5.43 Å². The molecule has 0 bridgehead atoms. The highest BCUT2D eigenvalue weighted by molar-refractivity contribution is 5.95. The fraction of sp³-hybridized carbons (Fsp3) is 0.286. The number of primary amides is 1. The predicted molar refractivity (Wildman–Crippen MR) is 112 cm³/mol. The summed E-state index contributed by atoms with van der Waals surface area (Å²) in [5.74, 6) is 0.822. The number of methoxy groups -OCH3 is 2. The Morgan fingerprint density at radius 2 is 1.67 bits per heavy atom. The standard InChI is InChI=1S/C21H25N3O6/c1-4-9-29-16-8-6-15(11-19(16)28-3)21(26)24-23-12-14-5-7-17(18(10-14)27-2)30-13-20(22)25/h5-8,10-12H,4,9,13H2,1-3H3,(H2,22,25)(H,24,26)/b23-12+. The van der Waals surface area contributed by atoms with Crippen molar-refractivity contribution < 1.29 is 28.5 Å². The quantitative estimate of drug-likeness (QED) is 0.428. The van der Waals surface area contributed by atoms with Crippen LogP contribution in [0.25, 0.3) is 0 Å². The van der Waals surface area contributed by atoms with E-state index in [9.17, 15) is 9.59 Å². The zero-order valence-electron chi connectivity index (χ0n) is 17.1. The zero-order valence-corrected chi connectivity index (χ0v) is 17.1. The third-order valence-corrected chi connectivity index (χ3v) is 3.82. The number of carbonyl (C=O) groups is 2. The van der Waals surface area contributed by atoms with Gasteiger partial charge in [-0.3, -0.25) is 9.59 Å². The third kappa shape index (κ3) is 6.40. The molecule has 0 heterocycles. The Morgan fingerprint density at radius 3 is 2.33 bits per heavy atom. The number of ether oxygens (including phenoxy) is 4. The molecule has 9 nitrogen and oxygen atoms in total. The number of benzene rings is 2. The fourth-order valence-electron chi connectivity index (χ4n) is 2.40. The molecule has 160 valence electrons. The number of rotatable bonds is 11. The minimum atomic E-state index is -0.591. The first-order valence-electron chi connectivity index (χ1n) is 9.21. The molecular weight excluding hydrogens is 390 g/mol. The maximum atomic E-state index is 12.3. The lowest BCUT2D eigenvalue weighted by Crippen LogP contribution is -2.20. The minimum Gasteiger partial charge on any atom is -0.493 e. The Morgan fingerprint density at radius 1 is 1.00 bits per heavy atom. The lowest BCUT2D eigenvalue weighted by atomic mass is 10.2. The molecule has 2 aromatic carbocycles. The molecule has 0 aliphatic carbocycles. The molecular formula is C21H25N3O6. The van der Waals surface area contributed by atoms with Crippen molar-refractivity contribution in [2.75, 3.05) is 27.4 Å². The Labute approximate surface area is 174 Å². The van der Waals surface area contributed by atoms with Crippen molar-refractivity contribution >= 4 is 18.0 Å². The monoisotopic (exact) mass is 415 g/mol. The summed E-state index contributed by atoms with van der Waals surface area (Å²) in [6, 6.07) is 9.86. The Hall–Kier alpha value is -3.75. The van der Waals surface area contributed by atoms with Crippen molar-refractivity contribution in [3.63, 3.8) is 0 Å². The number of hydrazone groups is 1. The summed E-state index contributed by atoms with van der Waals surface area (Å²) in [6.45, 7) is 2.30. The van der Waals surface area contributed by atoms with Crippen LogP contribution in [0.1, 0.15) is 29.3 Å². The van der Waals surface area contributed by atoms with E-state index in [1.54, 1.807) is 36.4 Å². The number of amides is 2. The van der Waals surface area contributed by atoms with Gasteiger partial charge < -0.3 is 24.7 Å².